The van der Waals surface area contributed by atoms with Crippen LogP contribution in [0.5, 0.6) is 0 Å². The molecular weight excluding hydrogens is 527 g/mol. The molecule has 0 radical (unpaired) electrons. The zero-order valence-electron chi connectivity index (χ0n) is 18.5. The lowest BCUT2D eigenvalue weighted by atomic mass is 10.0. The molecule has 10 heteroatoms. The predicted octanol–water partition coefficient (Wildman–Crippen LogP) is 6.85. The minimum atomic E-state index is -0.327. The fraction of sp³-hybridized carbons (Fsp3) is 0.160. The van der Waals surface area contributed by atoms with E-state index in [2.05, 4.69) is 10.3 Å². The number of hydrogen-bond donors (Lipinski definition) is 1. The first-order valence-corrected chi connectivity index (χ1v) is 12.7. The van der Waals surface area contributed by atoms with Crippen molar-refractivity contribution in [2.75, 3.05) is 6.61 Å². The first-order chi connectivity index (χ1) is 16.9. The zero-order valence-corrected chi connectivity index (χ0v) is 21.5. The maximum atomic E-state index is 13.4. The number of hydrogen-bond acceptors (Lipinski definition) is 5. The third-order valence-corrected chi connectivity index (χ3v) is 7.25. The highest BCUT2D eigenvalue weighted by Gasteiger charge is 2.30. The molecule has 1 atom stereocenters. The maximum absolute atomic E-state index is 13.4. The van der Waals surface area contributed by atoms with Crippen LogP contribution in [-0.4, -0.2) is 27.3 Å². The minimum Gasteiger partial charge on any atom is -0.372 e. The van der Waals surface area contributed by atoms with Crippen molar-refractivity contribution in [3.05, 3.63) is 96.6 Å². The van der Waals surface area contributed by atoms with Crippen LogP contribution in [0.1, 0.15) is 45.3 Å². The molecule has 1 N–H and O–H groups in total. The number of rotatable bonds is 5. The van der Waals surface area contributed by atoms with Crippen molar-refractivity contribution in [2.45, 2.75) is 19.6 Å². The van der Waals surface area contributed by atoms with E-state index >= 15 is 0 Å². The van der Waals surface area contributed by atoms with Gasteiger partial charge in [-0.2, -0.15) is 5.10 Å². The zero-order chi connectivity index (χ0) is 24.5. The number of carbonyl (C=O) groups is 1. The molecule has 4 heterocycles. The van der Waals surface area contributed by atoms with Gasteiger partial charge in [-0.3, -0.25) is 9.78 Å². The van der Waals surface area contributed by atoms with Crippen LogP contribution in [0.25, 0.3) is 17.3 Å². The molecule has 0 spiro atoms. The van der Waals surface area contributed by atoms with Gasteiger partial charge in [0.2, 0.25) is 0 Å². The Kier molecular flexibility index (Phi) is 6.95. The number of aromatic nitrogens is 3. The SMILES string of the molecule is C[C@@H](NC(=O)c1nn(-c2ccc(Cl)cc2Cl)c2c1COCC2=Cc1ccc(Cl)s1)c1ccccn1. The lowest BCUT2D eigenvalue weighted by Gasteiger charge is -2.19. The summed E-state index contributed by atoms with van der Waals surface area (Å²) in [5.41, 5.74) is 3.94. The third-order valence-electron chi connectivity index (χ3n) is 5.53. The van der Waals surface area contributed by atoms with Crippen molar-refractivity contribution >= 4 is 63.7 Å². The number of nitrogens with zero attached hydrogens (tertiary/aromatic N) is 3. The Balaban J connectivity index is 1.61. The van der Waals surface area contributed by atoms with Crippen LogP contribution in [0.15, 0.2) is 54.7 Å². The molecule has 1 aliphatic rings. The molecule has 35 heavy (non-hydrogen) atoms. The molecule has 178 valence electrons. The van der Waals surface area contributed by atoms with E-state index in [9.17, 15) is 4.79 Å². The molecule has 0 fully saturated rings. The van der Waals surface area contributed by atoms with E-state index in [1.54, 1.807) is 29.1 Å². The molecule has 0 unspecified atom stereocenters. The summed E-state index contributed by atoms with van der Waals surface area (Å²) >= 11 is 20.3. The number of halogens is 3. The summed E-state index contributed by atoms with van der Waals surface area (Å²) in [6, 6.07) is 14.2. The van der Waals surface area contributed by atoms with E-state index in [0.717, 1.165) is 21.8 Å². The van der Waals surface area contributed by atoms with Gasteiger partial charge >= 0.3 is 0 Å². The summed E-state index contributed by atoms with van der Waals surface area (Å²) in [6.07, 6.45) is 3.69. The second-order valence-corrected chi connectivity index (χ2v) is 10.5. The number of nitrogens with one attached hydrogen (secondary N) is 1. The van der Waals surface area contributed by atoms with Gasteiger partial charge < -0.3 is 10.1 Å². The molecule has 4 aromatic rings. The molecule has 0 saturated heterocycles. The van der Waals surface area contributed by atoms with Crippen LogP contribution in [0, 0.1) is 0 Å². The third kappa shape index (κ3) is 5.01. The largest absolute Gasteiger partial charge is 0.372 e. The van der Waals surface area contributed by atoms with Gasteiger partial charge in [-0.15, -0.1) is 11.3 Å². The van der Waals surface area contributed by atoms with E-state index in [1.807, 2.05) is 43.3 Å². The topological polar surface area (TPSA) is 69.0 Å². The number of carbonyl (C=O) groups excluding carboxylic acids is 1. The second kappa shape index (κ2) is 10.1. The Morgan fingerprint density at radius 3 is 2.74 bits per heavy atom. The normalized spacial score (nSPS) is 15.1. The number of benzene rings is 1. The van der Waals surface area contributed by atoms with E-state index in [1.165, 1.54) is 11.3 Å². The molecule has 3 aromatic heterocycles. The van der Waals surface area contributed by atoms with Crippen molar-refractivity contribution in [1.29, 1.82) is 0 Å². The molecule has 1 amide bonds. The van der Waals surface area contributed by atoms with Crippen LogP contribution >= 0.6 is 46.1 Å². The van der Waals surface area contributed by atoms with Crippen molar-refractivity contribution in [3.63, 3.8) is 0 Å². The van der Waals surface area contributed by atoms with Crippen molar-refractivity contribution < 1.29 is 9.53 Å². The van der Waals surface area contributed by atoms with Gasteiger partial charge in [-0.1, -0.05) is 40.9 Å². The average molecular weight is 546 g/mol. The van der Waals surface area contributed by atoms with E-state index in [-0.39, 0.29) is 24.2 Å². The Hall–Kier alpha value is -2.68. The summed E-state index contributed by atoms with van der Waals surface area (Å²) in [5.74, 6) is -0.327. The molecule has 0 aliphatic carbocycles. The molecule has 6 nitrogen and oxygen atoms in total. The molecule has 0 bridgehead atoms. The molecule has 0 saturated carbocycles. The number of thiophene rings is 1. The first kappa shape index (κ1) is 24.0. The summed E-state index contributed by atoms with van der Waals surface area (Å²) in [5, 5.41) is 8.63. The fourth-order valence-corrected chi connectivity index (χ4v) is 5.43. The Morgan fingerprint density at radius 2 is 2.03 bits per heavy atom. The Morgan fingerprint density at radius 1 is 1.17 bits per heavy atom. The molecule has 5 rings (SSSR count). The number of fused-ring (bicyclic) bond motifs is 1. The Labute approximate surface area is 221 Å². The maximum Gasteiger partial charge on any atom is 0.272 e. The van der Waals surface area contributed by atoms with E-state index < -0.39 is 0 Å². The Bertz CT molecular complexity index is 1430. The van der Waals surface area contributed by atoms with E-state index in [0.29, 0.717) is 32.2 Å². The summed E-state index contributed by atoms with van der Waals surface area (Å²) in [4.78, 5) is 18.7. The molecular formula is C25H19Cl3N4O2S. The van der Waals surface area contributed by atoms with Gasteiger partial charge in [0.1, 0.15) is 0 Å². The van der Waals surface area contributed by atoms with Crippen molar-refractivity contribution in [1.82, 2.24) is 20.1 Å². The van der Waals surface area contributed by atoms with Gasteiger partial charge in [0.25, 0.3) is 5.91 Å². The van der Waals surface area contributed by atoms with Crippen LogP contribution < -0.4 is 5.32 Å². The van der Waals surface area contributed by atoms with Gasteiger partial charge in [-0.25, -0.2) is 4.68 Å². The highest BCUT2D eigenvalue weighted by atomic mass is 35.5. The number of amides is 1. The standard InChI is InChI=1S/C25H19Cl3N4O2S/c1-14(20-4-2-3-9-29-20)30-25(33)23-18-13-34-12-15(10-17-6-8-22(28)35-17)24(18)32(31-23)21-7-5-16(26)11-19(21)27/h2-11,14H,12-13H2,1H3,(H,30,33)/t14-/m1/s1. The van der Waals surface area contributed by atoms with Crippen LogP contribution in [0.4, 0.5) is 0 Å². The average Bonchev–Trinajstić information content (AvgIpc) is 3.43. The van der Waals surface area contributed by atoms with Crippen LogP contribution in [0.2, 0.25) is 14.4 Å². The summed E-state index contributed by atoms with van der Waals surface area (Å²) < 4.78 is 8.25. The van der Waals surface area contributed by atoms with Gasteiger partial charge in [0, 0.05) is 27.2 Å². The van der Waals surface area contributed by atoms with Gasteiger partial charge in [-0.05, 0) is 55.5 Å². The van der Waals surface area contributed by atoms with Crippen molar-refractivity contribution in [3.8, 4) is 5.69 Å². The van der Waals surface area contributed by atoms with Crippen molar-refractivity contribution in [2.24, 2.45) is 0 Å². The lowest BCUT2D eigenvalue weighted by molar-refractivity contribution is 0.0925. The highest BCUT2D eigenvalue weighted by molar-refractivity contribution is 7.17. The van der Waals surface area contributed by atoms with Crippen LogP contribution in [-0.2, 0) is 11.3 Å². The highest BCUT2D eigenvalue weighted by Crippen LogP contribution is 2.36. The quantitative estimate of drug-likeness (QED) is 0.298. The summed E-state index contributed by atoms with van der Waals surface area (Å²) in [7, 11) is 0. The first-order valence-electron chi connectivity index (χ1n) is 10.7. The van der Waals surface area contributed by atoms with Gasteiger partial charge in [0.15, 0.2) is 5.69 Å². The lowest BCUT2D eigenvalue weighted by Crippen LogP contribution is -2.28. The number of pyridine rings is 1. The van der Waals surface area contributed by atoms with Crippen LogP contribution in [0.3, 0.4) is 0 Å². The number of ether oxygens (including phenoxy) is 1. The smallest absolute Gasteiger partial charge is 0.272 e. The molecule has 1 aromatic carbocycles. The van der Waals surface area contributed by atoms with E-state index in [4.69, 9.17) is 44.6 Å². The van der Waals surface area contributed by atoms with Gasteiger partial charge in [0.05, 0.1) is 45.7 Å². The monoisotopic (exact) mass is 544 g/mol. The fourth-order valence-electron chi connectivity index (χ4n) is 3.92. The summed E-state index contributed by atoms with van der Waals surface area (Å²) in [6.45, 7) is 2.47. The second-order valence-electron chi connectivity index (χ2n) is 7.94. The molecule has 1 aliphatic heterocycles. The predicted molar refractivity (Wildman–Crippen MR) is 141 cm³/mol. The minimum absolute atomic E-state index is 0.240.